The van der Waals surface area contributed by atoms with E-state index in [1.54, 1.807) is 42.5 Å². The van der Waals surface area contributed by atoms with Crippen LogP contribution < -0.4 is 26.0 Å². The molecule has 4 aromatic rings. The highest BCUT2D eigenvalue weighted by molar-refractivity contribution is 6.01. The number of rotatable bonds is 12. The van der Waals surface area contributed by atoms with Crippen molar-refractivity contribution >= 4 is 41.1 Å². The fourth-order valence-corrected chi connectivity index (χ4v) is 4.54. The molecule has 0 aliphatic carbocycles. The smallest absolute Gasteiger partial charge is 0.407 e. The van der Waals surface area contributed by atoms with Gasteiger partial charge >= 0.3 is 18.1 Å². The van der Waals surface area contributed by atoms with Gasteiger partial charge in [0.1, 0.15) is 12.4 Å². The molecule has 1 atom stereocenters. The molecular weight excluding hydrogens is 588 g/mol. The zero-order valence-corrected chi connectivity index (χ0v) is 25.8. The predicted molar refractivity (Wildman–Crippen MR) is 175 cm³/mol. The number of alkyl carbamates (subject to hydrolysis) is 1. The van der Waals surface area contributed by atoms with E-state index in [0.717, 1.165) is 11.1 Å². The van der Waals surface area contributed by atoms with E-state index >= 15 is 0 Å². The third-order valence-electron chi connectivity index (χ3n) is 6.97. The molecule has 0 bridgehead atoms. The SMILES string of the molecule is COC(=O)C[C@@H](NC(=O)OCc1ccccc1)c1ccc(NC(=O)Cc2ccc(NC(=O)Nc3ccccc3C)c(OC)c2)cc1. The van der Waals surface area contributed by atoms with Crippen molar-refractivity contribution in [3.8, 4) is 5.75 Å². The minimum atomic E-state index is -0.709. The van der Waals surface area contributed by atoms with Gasteiger partial charge in [0.2, 0.25) is 5.91 Å². The molecule has 11 nitrogen and oxygen atoms in total. The fourth-order valence-electron chi connectivity index (χ4n) is 4.54. The fraction of sp³-hybridized carbons (Fsp3) is 0.200. The maximum atomic E-state index is 12.9. The molecule has 0 heterocycles. The Bertz CT molecular complexity index is 1660. The molecule has 0 saturated heterocycles. The number of carbonyl (C=O) groups is 4. The maximum absolute atomic E-state index is 12.9. The molecule has 11 heteroatoms. The number of esters is 1. The Morgan fingerprint density at radius 2 is 1.43 bits per heavy atom. The van der Waals surface area contributed by atoms with Gasteiger partial charge in [-0.05, 0) is 59.5 Å². The third-order valence-corrected chi connectivity index (χ3v) is 6.97. The van der Waals surface area contributed by atoms with Crippen LogP contribution in [0.25, 0.3) is 0 Å². The largest absolute Gasteiger partial charge is 0.495 e. The van der Waals surface area contributed by atoms with Gasteiger partial charge < -0.3 is 35.5 Å². The number of nitrogens with one attached hydrogen (secondary N) is 4. The number of urea groups is 1. The Morgan fingerprint density at radius 3 is 2.13 bits per heavy atom. The molecule has 0 unspecified atom stereocenters. The van der Waals surface area contributed by atoms with Gasteiger partial charge in [0.25, 0.3) is 0 Å². The molecule has 46 heavy (non-hydrogen) atoms. The van der Waals surface area contributed by atoms with Crippen molar-refractivity contribution in [3.63, 3.8) is 0 Å². The van der Waals surface area contributed by atoms with Crippen molar-refractivity contribution in [2.45, 2.75) is 32.4 Å². The van der Waals surface area contributed by atoms with Crippen LogP contribution in [0.3, 0.4) is 0 Å². The lowest BCUT2D eigenvalue weighted by Gasteiger charge is -2.18. The predicted octanol–water partition coefficient (Wildman–Crippen LogP) is 6.36. The van der Waals surface area contributed by atoms with Crippen molar-refractivity contribution in [1.82, 2.24) is 5.32 Å². The topological polar surface area (TPSA) is 144 Å². The lowest BCUT2D eigenvalue weighted by atomic mass is 10.0. The molecule has 4 aromatic carbocycles. The standard InChI is InChI=1S/C35H36N4O7/c1-23-9-7-8-12-28(23)37-34(42)38-29-18-13-25(19-31(29)44-2)20-32(40)36-27-16-14-26(15-17-27)30(21-33(41)45-3)39-35(43)46-22-24-10-5-4-6-11-24/h4-19,30H,20-22H2,1-3H3,(H,36,40)(H,39,43)(H2,37,38,42)/t30-/m1/s1. The average molecular weight is 625 g/mol. The highest BCUT2D eigenvalue weighted by Gasteiger charge is 2.20. The van der Waals surface area contributed by atoms with Crippen molar-refractivity contribution in [2.24, 2.45) is 0 Å². The lowest BCUT2D eigenvalue weighted by molar-refractivity contribution is -0.141. The Balaban J connectivity index is 1.34. The number of amides is 4. The summed E-state index contributed by atoms with van der Waals surface area (Å²) in [5, 5.41) is 11.1. The summed E-state index contributed by atoms with van der Waals surface area (Å²) < 4.78 is 15.6. The summed E-state index contributed by atoms with van der Waals surface area (Å²) in [5.74, 6) is -0.378. The first-order valence-electron chi connectivity index (χ1n) is 14.5. The number of benzene rings is 4. The first-order valence-corrected chi connectivity index (χ1v) is 14.5. The summed E-state index contributed by atoms with van der Waals surface area (Å²) in [5.41, 5.74) is 4.72. The van der Waals surface area contributed by atoms with E-state index in [-0.39, 0.29) is 25.4 Å². The molecule has 0 aliphatic heterocycles. The Kier molecular flexibility index (Phi) is 11.7. The van der Waals surface area contributed by atoms with Crippen LogP contribution in [0, 0.1) is 6.92 Å². The van der Waals surface area contributed by atoms with Gasteiger partial charge in [-0.15, -0.1) is 0 Å². The number of hydrogen-bond acceptors (Lipinski definition) is 7. The van der Waals surface area contributed by atoms with Crippen LogP contribution in [0.4, 0.5) is 26.7 Å². The summed E-state index contributed by atoms with van der Waals surface area (Å²) in [6, 6.07) is 27.4. The van der Waals surface area contributed by atoms with Gasteiger partial charge in [0.15, 0.2) is 0 Å². The van der Waals surface area contributed by atoms with E-state index < -0.39 is 24.1 Å². The van der Waals surface area contributed by atoms with Crippen LogP contribution in [0.1, 0.15) is 34.7 Å². The number of para-hydroxylation sites is 1. The Labute approximate surface area is 267 Å². The number of ether oxygens (including phenoxy) is 3. The molecule has 4 N–H and O–H groups in total. The molecule has 0 aliphatic rings. The first-order chi connectivity index (χ1) is 22.2. The highest BCUT2D eigenvalue weighted by Crippen LogP contribution is 2.27. The van der Waals surface area contributed by atoms with Gasteiger partial charge in [-0.2, -0.15) is 0 Å². The zero-order valence-electron chi connectivity index (χ0n) is 25.8. The normalized spacial score (nSPS) is 11.0. The molecule has 4 amide bonds. The summed E-state index contributed by atoms with van der Waals surface area (Å²) in [6.07, 6.45) is -0.741. The summed E-state index contributed by atoms with van der Waals surface area (Å²) in [7, 11) is 2.76. The van der Waals surface area contributed by atoms with Crippen LogP contribution in [0.15, 0.2) is 97.1 Å². The highest BCUT2D eigenvalue weighted by atomic mass is 16.5. The van der Waals surface area contributed by atoms with Gasteiger partial charge in [0, 0.05) is 11.4 Å². The van der Waals surface area contributed by atoms with Crippen molar-refractivity contribution in [2.75, 3.05) is 30.2 Å². The lowest BCUT2D eigenvalue weighted by Crippen LogP contribution is -2.31. The van der Waals surface area contributed by atoms with Gasteiger partial charge in [-0.1, -0.05) is 66.7 Å². The second kappa shape index (κ2) is 16.3. The van der Waals surface area contributed by atoms with Crippen LogP contribution in [0.2, 0.25) is 0 Å². The molecular formula is C35H36N4O7. The van der Waals surface area contributed by atoms with E-state index in [1.807, 2.05) is 61.5 Å². The average Bonchev–Trinajstić information content (AvgIpc) is 3.06. The van der Waals surface area contributed by atoms with Crippen LogP contribution in [-0.2, 0) is 32.1 Å². The van der Waals surface area contributed by atoms with E-state index in [0.29, 0.717) is 33.9 Å². The molecule has 0 saturated carbocycles. The van der Waals surface area contributed by atoms with Crippen molar-refractivity contribution in [3.05, 3.63) is 119 Å². The van der Waals surface area contributed by atoms with Gasteiger partial charge in [-0.3, -0.25) is 9.59 Å². The first kappa shape index (κ1) is 33.1. The Morgan fingerprint density at radius 1 is 0.739 bits per heavy atom. The number of aryl methyl sites for hydroxylation is 1. The number of anilines is 3. The van der Waals surface area contributed by atoms with E-state index in [2.05, 4.69) is 21.3 Å². The van der Waals surface area contributed by atoms with Crippen molar-refractivity contribution in [1.29, 1.82) is 0 Å². The minimum absolute atomic E-state index is 0.0492. The zero-order chi connectivity index (χ0) is 32.9. The van der Waals surface area contributed by atoms with Gasteiger partial charge in [-0.25, -0.2) is 9.59 Å². The van der Waals surface area contributed by atoms with Crippen LogP contribution >= 0.6 is 0 Å². The molecule has 0 aromatic heterocycles. The van der Waals surface area contributed by atoms with Gasteiger partial charge in [0.05, 0.1) is 38.8 Å². The van der Waals surface area contributed by atoms with E-state index in [9.17, 15) is 19.2 Å². The summed E-state index contributed by atoms with van der Waals surface area (Å²) >= 11 is 0. The maximum Gasteiger partial charge on any atom is 0.407 e. The van der Waals surface area contributed by atoms with Crippen LogP contribution in [0.5, 0.6) is 5.75 Å². The summed E-state index contributed by atoms with van der Waals surface area (Å²) in [4.78, 5) is 49.9. The number of methoxy groups -OCH3 is 2. The van der Waals surface area contributed by atoms with E-state index in [1.165, 1.54) is 14.2 Å². The third kappa shape index (κ3) is 9.84. The summed E-state index contributed by atoms with van der Waals surface area (Å²) in [6.45, 7) is 1.98. The molecule has 0 spiro atoms. The van der Waals surface area contributed by atoms with E-state index in [4.69, 9.17) is 14.2 Å². The minimum Gasteiger partial charge on any atom is -0.495 e. The van der Waals surface area contributed by atoms with Crippen molar-refractivity contribution < 1.29 is 33.4 Å². The molecule has 0 fully saturated rings. The number of carbonyl (C=O) groups excluding carboxylic acids is 4. The Hall–Kier alpha value is -5.84. The number of hydrogen-bond donors (Lipinski definition) is 4. The molecule has 238 valence electrons. The second-order valence-electron chi connectivity index (χ2n) is 10.3. The quantitative estimate of drug-likeness (QED) is 0.134. The van der Waals surface area contributed by atoms with Crippen LogP contribution in [-0.4, -0.2) is 38.2 Å². The molecule has 4 rings (SSSR count). The monoisotopic (exact) mass is 624 g/mol. The second-order valence-corrected chi connectivity index (χ2v) is 10.3. The molecule has 0 radical (unpaired) electrons.